The van der Waals surface area contributed by atoms with Gasteiger partial charge in [0.1, 0.15) is 5.82 Å². The number of aliphatic hydroxyl groups excluding tert-OH is 1. The minimum Gasteiger partial charge on any atom is -0.394 e. The van der Waals surface area contributed by atoms with Crippen LogP contribution in [0.2, 0.25) is 0 Å². The fourth-order valence-electron chi connectivity index (χ4n) is 2.90. The fourth-order valence-corrected chi connectivity index (χ4v) is 2.90. The molecule has 1 fully saturated rings. The molecule has 18 heavy (non-hydrogen) atoms. The zero-order valence-electron chi connectivity index (χ0n) is 10.4. The Labute approximate surface area is 106 Å². The van der Waals surface area contributed by atoms with Crippen LogP contribution in [0.4, 0.5) is 10.1 Å². The molecule has 0 radical (unpaired) electrons. The van der Waals surface area contributed by atoms with Crippen molar-refractivity contribution in [3.63, 3.8) is 0 Å². The van der Waals surface area contributed by atoms with Gasteiger partial charge in [0.05, 0.1) is 12.1 Å². The number of anilines is 1. The van der Waals surface area contributed by atoms with Crippen molar-refractivity contribution in [1.82, 2.24) is 0 Å². The topological polar surface area (TPSA) is 49.5 Å². The molecule has 1 aromatic carbocycles. The van der Waals surface area contributed by atoms with Crippen LogP contribution in [0.25, 0.3) is 0 Å². The van der Waals surface area contributed by atoms with Crippen molar-refractivity contribution in [2.45, 2.75) is 24.8 Å². The van der Waals surface area contributed by atoms with Gasteiger partial charge in [-0.25, -0.2) is 4.39 Å². The molecule has 98 valence electrons. The van der Waals surface area contributed by atoms with E-state index in [1.807, 2.05) is 6.07 Å². The second kappa shape index (κ2) is 4.21. The first kappa shape index (κ1) is 11.9. The second-order valence-corrected chi connectivity index (χ2v) is 5.61. The minimum atomic E-state index is -0.534. The van der Waals surface area contributed by atoms with Crippen LogP contribution in [0.3, 0.4) is 0 Å². The number of hydrogen-bond donors (Lipinski definition) is 2. The van der Waals surface area contributed by atoms with Crippen molar-refractivity contribution >= 4 is 5.69 Å². The third-order valence-electron chi connectivity index (χ3n) is 4.21. The Kier molecular flexibility index (Phi) is 2.79. The standard InChI is InChI=1S/C14H19FN2O/c15-12-4-1-10-5-6-17(13(10)7-12)8-14(16,9-18)11-2-3-11/h1,4,7,11,18H,2-3,5-6,8-9,16H2. The van der Waals surface area contributed by atoms with Crippen molar-refractivity contribution in [1.29, 1.82) is 0 Å². The van der Waals surface area contributed by atoms with Gasteiger partial charge in [0, 0.05) is 18.8 Å². The van der Waals surface area contributed by atoms with Crippen molar-refractivity contribution in [2.24, 2.45) is 11.7 Å². The van der Waals surface area contributed by atoms with Gasteiger partial charge in [0.2, 0.25) is 0 Å². The van der Waals surface area contributed by atoms with E-state index in [4.69, 9.17) is 5.73 Å². The first-order chi connectivity index (χ1) is 8.62. The number of benzene rings is 1. The smallest absolute Gasteiger partial charge is 0.125 e. The van der Waals surface area contributed by atoms with Gasteiger partial charge in [0.25, 0.3) is 0 Å². The number of halogens is 1. The molecule has 1 aliphatic carbocycles. The molecule has 1 aliphatic heterocycles. The highest BCUT2D eigenvalue weighted by atomic mass is 19.1. The van der Waals surface area contributed by atoms with Crippen LogP contribution in [-0.2, 0) is 6.42 Å². The lowest BCUT2D eigenvalue weighted by Crippen LogP contribution is -2.54. The normalized spacial score (nSPS) is 21.8. The summed E-state index contributed by atoms with van der Waals surface area (Å²) >= 11 is 0. The molecule has 0 amide bonds. The van der Waals surface area contributed by atoms with Crippen molar-refractivity contribution in [3.05, 3.63) is 29.6 Å². The first-order valence-electron chi connectivity index (χ1n) is 6.55. The van der Waals surface area contributed by atoms with Gasteiger partial charge >= 0.3 is 0 Å². The number of nitrogens with two attached hydrogens (primary N) is 1. The lowest BCUT2D eigenvalue weighted by Gasteiger charge is -2.33. The van der Waals surface area contributed by atoms with Gasteiger partial charge < -0.3 is 15.7 Å². The number of aliphatic hydroxyl groups is 1. The average Bonchev–Trinajstić information content (AvgIpc) is 3.15. The van der Waals surface area contributed by atoms with Crippen LogP contribution in [-0.4, -0.2) is 30.3 Å². The van der Waals surface area contributed by atoms with Crippen LogP contribution >= 0.6 is 0 Å². The third-order valence-corrected chi connectivity index (χ3v) is 4.21. The predicted octanol–water partition coefficient (Wildman–Crippen LogP) is 1.29. The summed E-state index contributed by atoms with van der Waals surface area (Å²) < 4.78 is 13.3. The zero-order valence-corrected chi connectivity index (χ0v) is 10.4. The van der Waals surface area contributed by atoms with Crippen LogP contribution < -0.4 is 10.6 Å². The largest absolute Gasteiger partial charge is 0.394 e. The Balaban J connectivity index is 1.81. The molecule has 4 heteroatoms. The summed E-state index contributed by atoms with van der Waals surface area (Å²) in [7, 11) is 0. The summed E-state index contributed by atoms with van der Waals surface area (Å²) in [5.74, 6) is 0.207. The maximum atomic E-state index is 13.3. The number of rotatable bonds is 4. The highest BCUT2D eigenvalue weighted by molar-refractivity contribution is 5.58. The maximum absolute atomic E-state index is 13.3. The van der Waals surface area contributed by atoms with Gasteiger partial charge in [-0.2, -0.15) is 0 Å². The van der Waals surface area contributed by atoms with E-state index in [0.717, 1.165) is 31.5 Å². The molecule has 1 heterocycles. The van der Waals surface area contributed by atoms with Crippen molar-refractivity contribution in [2.75, 3.05) is 24.6 Å². The Morgan fingerprint density at radius 1 is 1.44 bits per heavy atom. The lowest BCUT2D eigenvalue weighted by molar-refractivity contribution is 0.180. The van der Waals surface area contributed by atoms with E-state index >= 15 is 0 Å². The van der Waals surface area contributed by atoms with E-state index < -0.39 is 5.54 Å². The lowest BCUT2D eigenvalue weighted by atomic mass is 9.95. The second-order valence-electron chi connectivity index (χ2n) is 5.61. The van der Waals surface area contributed by atoms with Gasteiger partial charge in [-0.15, -0.1) is 0 Å². The van der Waals surface area contributed by atoms with E-state index in [9.17, 15) is 9.50 Å². The molecule has 3 rings (SSSR count). The molecule has 1 atom stereocenters. The molecule has 3 N–H and O–H groups in total. The molecule has 0 bridgehead atoms. The summed E-state index contributed by atoms with van der Waals surface area (Å²) in [6.07, 6.45) is 3.13. The van der Waals surface area contributed by atoms with Crippen molar-refractivity contribution < 1.29 is 9.50 Å². The van der Waals surface area contributed by atoms with Crippen molar-refractivity contribution in [3.8, 4) is 0 Å². The molecule has 1 saturated carbocycles. The number of hydrogen-bond acceptors (Lipinski definition) is 3. The SMILES string of the molecule is NC(CO)(CN1CCc2ccc(F)cc21)C1CC1. The van der Waals surface area contributed by atoms with Crippen LogP contribution in [0.5, 0.6) is 0 Å². The molecule has 0 spiro atoms. The van der Waals surface area contributed by atoms with E-state index in [-0.39, 0.29) is 12.4 Å². The van der Waals surface area contributed by atoms with E-state index in [1.165, 1.54) is 11.6 Å². The van der Waals surface area contributed by atoms with Gasteiger partial charge in [0.15, 0.2) is 0 Å². The summed E-state index contributed by atoms with van der Waals surface area (Å²) in [6.45, 7) is 1.48. The monoisotopic (exact) mass is 250 g/mol. The molecular weight excluding hydrogens is 231 g/mol. The van der Waals surface area contributed by atoms with E-state index in [2.05, 4.69) is 4.90 Å². The number of nitrogens with zero attached hydrogens (tertiary/aromatic N) is 1. The van der Waals surface area contributed by atoms with E-state index in [1.54, 1.807) is 6.07 Å². The molecule has 0 saturated heterocycles. The molecule has 0 aromatic heterocycles. The summed E-state index contributed by atoms with van der Waals surface area (Å²) in [4.78, 5) is 2.12. The Morgan fingerprint density at radius 3 is 2.89 bits per heavy atom. The van der Waals surface area contributed by atoms with Crippen LogP contribution in [0, 0.1) is 11.7 Å². The Morgan fingerprint density at radius 2 is 2.22 bits per heavy atom. The highest BCUT2D eigenvalue weighted by Gasteiger charge is 2.43. The van der Waals surface area contributed by atoms with Gasteiger partial charge in [-0.1, -0.05) is 6.07 Å². The average molecular weight is 250 g/mol. The maximum Gasteiger partial charge on any atom is 0.125 e. The highest BCUT2D eigenvalue weighted by Crippen LogP contribution is 2.40. The first-order valence-corrected chi connectivity index (χ1v) is 6.55. The molecular formula is C14H19FN2O. The van der Waals surface area contributed by atoms with E-state index in [0.29, 0.717) is 12.5 Å². The summed E-state index contributed by atoms with van der Waals surface area (Å²) in [5, 5.41) is 9.53. The van der Waals surface area contributed by atoms with Crippen LogP contribution in [0.15, 0.2) is 18.2 Å². The Hall–Kier alpha value is -1.13. The number of fused-ring (bicyclic) bond motifs is 1. The Bertz CT molecular complexity index is 461. The third kappa shape index (κ3) is 1.99. The fraction of sp³-hybridized carbons (Fsp3) is 0.571. The molecule has 1 unspecified atom stereocenters. The summed E-state index contributed by atoms with van der Waals surface area (Å²) in [5.41, 5.74) is 7.88. The van der Waals surface area contributed by atoms with Crippen LogP contribution in [0.1, 0.15) is 18.4 Å². The molecule has 1 aromatic rings. The predicted molar refractivity (Wildman–Crippen MR) is 69.0 cm³/mol. The zero-order chi connectivity index (χ0) is 12.8. The quantitative estimate of drug-likeness (QED) is 0.846. The minimum absolute atomic E-state index is 0.00117. The van der Waals surface area contributed by atoms with Gasteiger partial charge in [-0.3, -0.25) is 0 Å². The molecule has 2 aliphatic rings. The summed E-state index contributed by atoms with van der Waals surface area (Å²) in [6, 6.07) is 4.93. The molecule has 3 nitrogen and oxygen atoms in total. The van der Waals surface area contributed by atoms with Gasteiger partial charge in [-0.05, 0) is 42.9 Å².